The predicted octanol–water partition coefficient (Wildman–Crippen LogP) is 2.83. The molecule has 0 spiro atoms. The molecule has 0 saturated carbocycles. The Kier molecular flexibility index (Phi) is 5.02. The fraction of sp³-hybridized carbons (Fsp3) is 0.417. The molecule has 4 nitrogen and oxygen atoms in total. The molecule has 1 aromatic carbocycles. The number of benzene rings is 1. The summed E-state index contributed by atoms with van der Waals surface area (Å²) in [6.07, 6.45) is -5.55. The van der Waals surface area contributed by atoms with Crippen molar-refractivity contribution in [3.8, 4) is 5.75 Å². The molecular weight excluding hydrogens is 263 g/mol. The molecule has 7 heteroatoms. The Bertz CT molecular complexity index is 434. The third kappa shape index (κ3) is 5.50. The first-order valence-electron chi connectivity index (χ1n) is 5.39. The number of carbonyl (C=O) groups is 1. The fourth-order valence-electron chi connectivity index (χ4n) is 1.36. The lowest BCUT2D eigenvalue weighted by Crippen LogP contribution is -2.30. The molecule has 0 bridgehead atoms. The van der Waals surface area contributed by atoms with Gasteiger partial charge < -0.3 is 14.4 Å². The van der Waals surface area contributed by atoms with E-state index < -0.39 is 18.9 Å². The number of carbonyl (C=O) groups excluding carboxylic acids is 1. The maximum absolute atomic E-state index is 11.9. The zero-order valence-corrected chi connectivity index (χ0v) is 10.5. The van der Waals surface area contributed by atoms with Crippen LogP contribution in [-0.4, -0.2) is 37.9 Å². The average Bonchev–Trinajstić information content (AvgIpc) is 2.35. The van der Waals surface area contributed by atoms with E-state index in [2.05, 4.69) is 4.74 Å². The number of ether oxygens (including phenoxy) is 2. The molecule has 1 rings (SSSR count). The van der Waals surface area contributed by atoms with Crippen LogP contribution in [-0.2, 0) is 11.3 Å². The van der Waals surface area contributed by atoms with Gasteiger partial charge in [0.1, 0.15) is 5.75 Å². The van der Waals surface area contributed by atoms with Gasteiger partial charge in [-0.1, -0.05) is 12.1 Å². The lowest BCUT2D eigenvalue weighted by Gasteiger charge is -2.18. The Hall–Kier alpha value is -1.92. The van der Waals surface area contributed by atoms with Gasteiger partial charge in [-0.15, -0.1) is 0 Å². The number of nitrogens with zero attached hydrogens (tertiary/aromatic N) is 1. The van der Waals surface area contributed by atoms with Gasteiger partial charge in [0.05, 0.1) is 7.11 Å². The molecular formula is C12H14F3NO3. The second kappa shape index (κ2) is 6.31. The van der Waals surface area contributed by atoms with Crippen LogP contribution in [0.4, 0.5) is 18.0 Å². The van der Waals surface area contributed by atoms with E-state index in [1.54, 1.807) is 24.3 Å². The zero-order chi connectivity index (χ0) is 14.5. The molecule has 0 fully saturated rings. The molecule has 0 radical (unpaired) electrons. The summed E-state index contributed by atoms with van der Waals surface area (Å²) in [5, 5.41) is 0. The van der Waals surface area contributed by atoms with E-state index in [4.69, 9.17) is 4.74 Å². The van der Waals surface area contributed by atoms with Crippen molar-refractivity contribution in [3.63, 3.8) is 0 Å². The van der Waals surface area contributed by atoms with E-state index in [1.165, 1.54) is 14.2 Å². The Morgan fingerprint density at radius 2 is 2.05 bits per heavy atom. The van der Waals surface area contributed by atoms with Crippen molar-refractivity contribution in [2.75, 3.05) is 20.8 Å². The second-order valence-electron chi connectivity index (χ2n) is 3.88. The Morgan fingerprint density at radius 3 is 2.63 bits per heavy atom. The summed E-state index contributed by atoms with van der Waals surface area (Å²) < 4.78 is 44.8. The topological polar surface area (TPSA) is 38.8 Å². The molecule has 0 N–H and O–H groups in total. The minimum atomic E-state index is -4.52. The summed E-state index contributed by atoms with van der Waals surface area (Å²) in [4.78, 5) is 12.4. The summed E-state index contributed by atoms with van der Waals surface area (Å²) in [6, 6.07) is 6.87. The third-order valence-electron chi connectivity index (χ3n) is 2.22. The third-order valence-corrected chi connectivity index (χ3v) is 2.22. The van der Waals surface area contributed by atoms with Crippen molar-refractivity contribution in [1.29, 1.82) is 0 Å². The number of methoxy groups -OCH3 is 1. The molecule has 0 heterocycles. The highest BCUT2D eigenvalue weighted by Crippen LogP contribution is 2.16. The smallest absolute Gasteiger partial charge is 0.422 e. The highest BCUT2D eigenvalue weighted by atomic mass is 19.4. The van der Waals surface area contributed by atoms with Crippen LogP contribution in [0.25, 0.3) is 0 Å². The van der Waals surface area contributed by atoms with Crippen molar-refractivity contribution in [3.05, 3.63) is 29.8 Å². The van der Waals surface area contributed by atoms with Crippen LogP contribution < -0.4 is 4.74 Å². The monoisotopic (exact) mass is 277 g/mol. The number of rotatable bonds is 4. The maximum Gasteiger partial charge on any atom is 0.422 e. The first kappa shape index (κ1) is 15.1. The van der Waals surface area contributed by atoms with Gasteiger partial charge in [0.15, 0.2) is 6.61 Å². The first-order chi connectivity index (χ1) is 8.81. The Balaban J connectivity index is 2.53. The molecule has 0 atom stereocenters. The molecule has 0 unspecified atom stereocenters. The van der Waals surface area contributed by atoms with E-state index in [0.717, 1.165) is 10.5 Å². The van der Waals surface area contributed by atoms with Gasteiger partial charge in [0, 0.05) is 13.6 Å². The van der Waals surface area contributed by atoms with Crippen LogP contribution in [0.2, 0.25) is 0 Å². The SMILES string of the molecule is COc1cccc(CN(C)C(=O)OCC(F)(F)F)c1. The van der Waals surface area contributed by atoms with Crippen LogP contribution in [0.3, 0.4) is 0 Å². The number of amides is 1. The van der Waals surface area contributed by atoms with E-state index in [0.29, 0.717) is 5.75 Å². The largest absolute Gasteiger partial charge is 0.497 e. The number of alkyl halides is 3. The Morgan fingerprint density at radius 1 is 1.37 bits per heavy atom. The van der Waals surface area contributed by atoms with E-state index in [-0.39, 0.29) is 6.54 Å². The minimum absolute atomic E-state index is 0.133. The summed E-state index contributed by atoms with van der Waals surface area (Å²) in [7, 11) is 2.86. The lowest BCUT2D eigenvalue weighted by atomic mass is 10.2. The van der Waals surface area contributed by atoms with E-state index >= 15 is 0 Å². The van der Waals surface area contributed by atoms with Crippen molar-refractivity contribution in [1.82, 2.24) is 4.90 Å². The van der Waals surface area contributed by atoms with Gasteiger partial charge in [-0.25, -0.2) is 4.79 Å². The number of hydrogen-bond acceptors (Lipinski definition) is 3. The highest BCUT2D eigenvalue weighted by Gasteiger charge is 2.30. The van der Waals surface area contributed by atoms with Crippen molar-refractivity contribution >= 4 is 6.09 Å². The van der Waals surface area contributed by atoms with Gasteiger partial charge in [-0.2, -0.15) is 13.2 Å². The Labute approximate surface area is 108 Å². The quantitative estimate of drug-likeness (QED) is 0.849. The molecule has 0 aromatic heterocycles. The number of hydrogen-bond donors (Lipinski definition) is 0. The summed E-state index contributed by atoms with van der Waals surface area (Å²) in [5.74, 6) is 0.606. The first-order valence-corrected chi connectivity index (χ1v) is 5.39. The van der Waals surface area contributed by atoms with Crippen molar-refractivity contribution in [2.45, 2.75) is 12.7 Å². The maximum atomic E-state index is 11.9. The standard InChI is InChI=1S/C12H14F3NO3/c1-16(11(17)19-8-12(13,14)15)7-9-4-3-5-10(6-9)18-2/h3-6H,7-8H2,1-2H3. The van der Waals surface area contributed by atoms with Gasteiger partial charge in [0.2, 0.25) is 0 Å². The van der Waals surface area contributed by atoms with Gasteiger partial charge in [-0.3, -0.25) is 0 Å². The van der Waals surface area contributed by atoms with Crippen molar-refractivity contribution < 1.29 is 27.4 Å². The molecule has 0 saturated heterocycles. The molecule has 1 amide bonds. The summed E-state index contributed by atoms with van der Waals surface area (Å²) >= 11 is 0. The normalized spacial score (nSPS) is 11.0. The second-order valence-corrected chi connectivity index (χ2v) is 3.88. The highest BCUT2D eigenvalue weighted by molar-refractivity contribution is 5.67. The van der Waals surface area contributed by atoms with Crippen LogP contribution in [0.1, 0.15) is 5.56 Å². The summed E-state index contributed by atoms with van der Waals surface area (Å²) in [5.41, 5.74) is 0.728. The molecule has 19 heavy (non-hydrogen) atoms. The molecule has 1 aromatic rings. The lowest BCUT2D eigenvalue weighted by molar-refractivity contribution is -0.162. The van der Waals surface area contributed by atoms with E-state index in [1.807, 2.05) is 0 Å². The molecule has 0 aliphatic heterocycles. The van der Waals surface area contributed by atoms with Crippen molar-refractivity contribution in [2.24, 2.45) is 0 Å². The zero-order valence-electron chi connectivity index (χ0n) is 10.5. The van der Waals surface area contributed by atoms with Crippen LogP contribution in [0.5, 0.6) is 5.75 Å². The minimum Gasteiger partial charge on any atom is -0.497 e. The molecule has 0 aliphatic rings. The predicted molar refractivity (Wildman–Crippen MR) is 61.9 cm³/mol. The number of halogens is 3. The van der Waals surface area contributed by atoms with E-state index in [9.17, 15) is 18.0 Å². The average molecular weight is 277 g/mol. The molecule has 0 aliphatic carbocycles. The van der Waals surface area contributed by atoms with Crippen LogP contribution >= 0.6 is 0 Å². The van der Waals surface area contributed by atoms with Gasteiger partial charge in [-0.05, 0) is 17.7 Å². The van der Waals surface area contributed by atoms with Crippen LogP contribution in [0.15, 0.2) is 24.3 Å². The van der Waals surface area contributed by atoms with Gasteiger partial charge in [0.25, 0.3) is 0 Å². The van der Waals surface area contributed by atoms with Gasteiger partial charge >= 0.3 is 12.3 Å². The molecule has 106 valence electrons. The summed E-state index contributed by atoms with van der Waals surface area (Å²) in [6.45, 7) is -1.46. The van der Waals surface area contributed by atoms with Crippen LogP contribution in [0, 0.1) is 0 Å². The fourth-order valence-corrected chi connectivity index (χ4v) is 1.36.